The third kappa shape index (κ3) is 7.18. The molecule has 0 spiro atoms. The number of carbonyl (C=O) groups is 1. The Balaban J connectivity index is 3.44. The van der Waals surface area contributed by atoms with Crippen LogP contribution in [0.2, 0.25) is 0 Å². The first-order valence-electron chi connectivity index (χ1n) is 3.19. The van der Waals surface area contributed by atoms with Crippen molar-refractivity contribution in [1.82, 2.24) is 5.32 Å². The molecule has 0 aliphatic heterocycles. The summed E-state index contributed by atoms with van der Waals surface area (Å²) in [6.07, 6.45) is -0.810. The Morgan fingerprint density at radius 1 is 1.73 bits per heavy atom. The average molecular weight is 175 g/mol. The molecule has 1 radical (unpaired) electrons. The molecule has 1 amide bonds. The van der Waals surface area contributed by atoms with Crippen molar-refractivity contribution in [1.29, 1.82) is 5.41 Å². The van der Waals surface area contributed by atoms with Gasteiger partial charge in [0.25, 0.3) is 0 Å². The number of hydrogen-bond donors (Lipinski definition) is 3. The Morgan fingerprint density at radius 3 is 2.64 bits per heavy atom. The first-order chi connectivity index (χ1) is 5.02. The number of nitrogens with one attached hydrogen (secondary N) is 2. The Bertz CT molecular complexity index is 161. The van der Waals surface area contributed by atoms with Gasteiger partial charge in [-0.1, -0.05) is 0 Å². The lowest BCUT2D eigenvalue weighted by atomic mass is 10.2. The monoisotopic (exact) mass is 175 g/mol. The van der Waals surface area contributed by atoms with Crippen LogP contribution in [0.4, 0.5) is 4.79 Å². The van der Waals surface area contributed by atoms with E-state index < -0.39 is 6.09 Å². The molecule has 0 fully saturated rings. The molecular weight excluding hydrogens is 164 g/mol. The molecule has 0 aliphatic rings. The number of rotatable bonds is 4. The third-order valence-corrected chi connectivity index (χ3v) is 1.39. The molecule has 0 aromatic rings. The fourth-order valence-corrected chi connectivity index (χ4v) is 0.992. The molecule has 1 unspecified atom stereocenters. The second kappa shape index (κ2) is 5.01. The van der Waals surface area contributed by atoms with Gasteiger partial charge in [-0.25, -0.2) is 9.90 Å². The summed E-state index contributed by atoms with van der Waals surface area (Å²) in [7, 11) is 0. The van der Waals surface area contributed by atoms with Crippen LogP contribution in [0, 0.1) is 5.41 Å². The fourth-order valence-electron chi connectivity index (χ4n) is 0.627. The molecule has 0 aromatic heterocycles. The van der Waals surface area contributed by atoms with Gasteiger partial charge in [0, 0.05) is 17.5 Å². The van der Waals surface area contributed by atoms with Crippen LogP contribution in [0.15, 0.2) is 0 Å². The standard InChI is InChI=1S/C6H11N2O2S/c1-4(7)2-5(11)3-8-6(9)10/h5,7-8,11H,2-3H2,1H3. The molecule has 0 saturated heterocycles. The summed E-state index contributed by atoms with van der Waals surface area (Å²) in [4.78, 5) is 9.88. The number of hydrogen-bond acceptors (Lipinski definition) is 3. The van der Waals surface area contributed by atoms with E-state index in [9.17, 15) is 9.90 Å². The lowest BCUT2D eigenvalue weighted by Gasteiger charge is -2.07. The minimum absolute atomic E-state index is 0.134. The summed E-state index contributed by atoms with van der Waals surface area (Å²) in [6.45, 7) is 1.88. The minimum Gasteiger partial charge on any atom is -0.317 e. The van der Waals surface area contributed by atoms with Crippen LogP contribution < -0.4 is 5.32 Å². The van der Waals surface area contributed by atoms with Gasteiger partial charge in [-0.05, 0) is 13.3 Å². The van der Waals surface area contributed by atoms with Crippen LogP contribution in [0.1, 0.15) is 13.3 Å². The first kappa shape index (κ1) is 10.3. The first-order valence-corrected chi connectivity index (χ1v) is 3.71. The molecular formula is C6H11N2O2S. The molecule has 0 aromatic carbocycles. The number of carbonyl (C=O) groups excluding carboxylic acids is 1. The van der Waals surface area contributed by atoms with E-state index in [2.05, 4.69) is 17.9 Å². The van der Waals surface area contributed by atoms with Crippen molar-refractivity contribution < 1.29 is 9.90 Å². The van der Waals surface area contributed by atoms with Gasteiger partial charge in [0.15, 0.2) is 0 Å². The largest absolute Gasteiger partial charge is 0.450 e. The molecule has 4 nitrogen and oxygen atoms in total. The van der Waals surface area contributed by atoms with E-state index in [0.29, 0.717) is 12.1 Å². The topological polar surface area (TPSA) is 72.8 Å². The van der Waals surface area contributed by atoms with Crippen molar-refractivity contribution in [2.75, 3.05) is 6.54 Å². The van der Waals surface area contributed by atoms with E-state index >= 15 is 0 Å². The molecule has 1 atom stereocenters. The summed E-state index contributed by atoms with van der Waals surface area (Å²) in [5.41, 5.74) is 0.491. The van der Waals surface area contributed by atoms with Crippen molar-refractivity contribution in [3.8, 4) is 0 Å². The molecule has 5 heteroatoms. The number of thiol groups is 1. The second-order valence-corrected chi connectivity index (χ2v) is 3.04. The van der Waals surface area contributed by atoms with Crippen LogP contribution in [0.3, 0.4) is 0 Å². The summed E-state index contributed by atoms with van der Waals surface area (Å²) < 4.78 is 0. The van der Waals surface area contributed by atoms with Crippen LogP contribution >= 0.6 is 12.6 Å². The molecule has 0 bridgehead atoms. The van der Waals surface area contributed by atoms with Crippen molar-refractivity contribution in [2.45, 2.75) is 18.6 Å². The van der Waals surface area contributed by atoms with Crippen molar-refractivity contribution in [2.24, 2.45) is 0 Å². The van der Waals surface area contributed by atoms with Crippen LogP contribution in [-0.2, 0) is 5.11 Å². The van der Waals surface area contributed by atoms with Crippen molar-refractivity contribution in [3.63, 3.8) is 0 Å². The zero-order valence-corrected chi connectivity index (χ0v) is 7.15. The highest BCUT2D eigenvalue weighted by Gasteiger charge is 2.05. The summed E-state index contributed by atoms with van der Waals surface area (Å²) in [5.74, 6) is 0. The highest BCUT2D eigenvalue weighted by Crippen LogP contribution is 1.99. The lowest BCUT2D eigenvalue weighted by Crippen LogP contribution is -2.28. The predicted molar refractivity (Wildman–Crippen MR) is 44.9 cm³/mol. The molecule has 11 heavy (non-hydrogen) atoms. The quantitative estimate of drug-likeness (QED) is 0.430. The van der Waals surface area contributed by atoms with Gasteiger partial charge in [0.1, 0.15) is 0 Å². The van der Waals surface area contributed by atoms with Crippen LogP contribution in [-0.4, -0.2) is 23.6 Å². The van der Waals surface area contributed by atoms with Crippen molar-refractivity contribution >= 4 is 24.4 Å². The maximum absolute atomic E-state index is 9.88. The zero-order chi connectivity index (χ0) is 8.85. The van der Waals surface area contributed by atoms with E-state index in [1.807, 2.05) is 0 Å². The fraction of sp³-hybridized carbons (Fsp3) is 0.667. The van der Waals surface area contributed by atoms with Gasteiger partial charge in [0.05, 0.1) is 0 Å². The lowest BCUT2D eigenvalue weighted by molar-refractivity contribution is 0.169. The second-order valence-electron chi connectivity index (χ2n) is 2.31. The molecule has 0 rings (SSSR count). The normalized spacial score (nSPS) is 12.2. The molecule has 2 N–H and O–H groups in total. The Hall–Kier alpha value is -0.710. The van der Waals surface area contributed by atoms with E-state index in [-0.39, 0.29) is 11.8 Å². The Kier molecular flexibility index (Phi) is 4.69. The minimum atomic E-state index is -1.30. The van der Waals surface area contributed by atoms with Crippen LogP contribution in [0.25, 0.3) is 0 Å². The molecule has 63 valence electrons. The summed E-state index contributed by atoms with van der Waals surface area (Å²) in [5, 5.41) is 18.9. The van der Waals surface area contributed by atoms with Gasteiger partial charge in [-0.2, -0.15) is 12.6 Å². The summed E-state index contributed by atoms with van der Waals surface area (Å²) >= 11 is 4.05. The van der Waals surface area contributed by atoms with Gasteiger partial charge >= 0.3 is 6.09 Å². The molecule has 0 heterocycles. The average Bonchev–Trinajstić information content (AvgIpc) is 1.82. The Labute approximate surface area is 70.9 Å². The van der Waals surface area contributed by atoms with E-state index in [1.165, 1.54) is 0 Å². The highest BCUT2D eigenvalue weighted by molar-refractivity contribution is 7.81. The SMILES string of the molecule is CC(=N)CC(S)CNC([O])=O. The van der Waals surface area contributed by atoms with Crippen molar-refractivity contribution in [3.05, 3.63) is 0 Å². The van der Waals surface area contributed by atoms with E-state index in [4.69, 9.17) is 5.41 Å². The smallest absolute Gasteiger partial charge is 0.317 e. The van der Waals surface area contributed by atoms with Crippen LogP contribution in [0.5, 0.6) is 0 Å². The molecule has 0 saturated carbocycles. The van der Waals surface area contributed by atoms with Gasteiger partial charge in [-0.3, -0.25) is 0 Å². The van der Waals surface area contributed by atoms with E-state index in [1.54, 1.807) is 6.92 Å². The zero-order valence-electron chi connectivity index (χ0n) is 6.26. The highest BCUT2D eigenvalue weighted by atomic mass is 32.1. The Morgan fingerprint density at radius 2 is 2.27 bits per heavy atom. The maximum Gasteiger partial charge on any atom is 0.450 e. The number of amides is 1. The van der Waals surface area contributed by atoms with E-state index in [0.717, 1.165) is 0 Å². The predicted octanol–water partition coefficient (Wildman–Crippen LogP) is 0.855. The van der Waals surface area contributed by atoms with Gasteiger partial charge in [0.2, 0.25) is 0 Å². The van der Waals surface area contributed by atoms with Gasteiger partial charge < -0.3 is 10.7 Å². The summed E-state index contributed by atoms with van der Waals surface area (Å²) in [6, 6.07) is 0. The maximum atomic E-state index is 9.88. The van der Waals surface area contributed by atoms with Gasteiger partial charge in [-0.15, -0.1) is 0 Å². The molecule has 0 aliphatic carbocycles. The third-order valence-electron chi connectivity index (χ3n) is 1.02.